The lowest BCUT2D eigenvalue weighted by Crippen LogP contribution is -2.51. The van der Waals surface area contributed by atoms with Gasteiger partial charge in [-0.1, -0.05) is 12.1 Å². The Balaban J connectivity index is 1.50. The Bertz CT molecular complexity index is 856. The third-order valence-corrected chi connectivity index (χ3v) is 4.17. The van der Waals surface area contributed by atoms with E-state index < -0.39 is 0 Å². The highest BCUT2D eigenvalue weighted by Gasteiger charge is 2.33. The highest BCUT2D eigenvalue weighted by Crippen LogP contribution is 2.23. The predicted molar refractivity (Wildman–Crippen MR) is 84.4 cm³/mol. The molecule has 0 atom stereocenters. The van der Waals surface area contributed by atoms with E-state index in [0.717, 1.165) is 15.5 Å². The number of amides is 1. The van der Waals surface area contributed by atoms with Crippen LogP contribution in [0.1, 0.15) is 16.5 Å². The molecule has 1 saturated heterocycles. The van der Waals surface area contributed by atoms with Gasteiger partial charge in [0.2, 0.25) is 0 Å². The summed E-state index contributed by atoms with van der Waals surface area (Å²) in [5.74, 6) is -0.0827. The summed E-state index contributed by atoms with van der Waals surface area (Å²) in [6.45, 7) is 1.28. The standard InChI is InChI=1S/C15H12BrN5O/c16-10-5-18-21(7-10)11-8-20(9-11)15(22)14-6-17-12-3-1-2-4-13(12)19-14/h1-7,11H,8-9H2. The van der Waals surface area contributed by atoms with E-state index in [-0.39, 0.29) is 11.9 Å². The Hall–Kier alpha value is -2.28. The molecule has 3 aromatic rings. The second-order valence-electron chi connectivity index (χ2n) is 5.25. The fourth-order valence-electron chi connectivity index (χ4n) is 2.53. The number of fused-ring (bicyclic) bond motifs is 1. The maximum atomic E-state index is 12.4. The molecule has 1 aliphatic heterocycles. The fourth-order valence-corrected chi connectivity index (χ4v) is 2.83. The third-order valence-electron chi connectivity index (χ3n) is 3.76. The molecular weight excluding hydrogens is 346 g/mol. The second-order valence-corrected chi connectivity index (χ2v) is 6.16. The summed E-state index contributed by atoms with van der Waals surface area (Å²) in [6, 6.07) is 7.76. The summed E-state index contributed by atoms with van der Waals surface area (Å²) in [6.07, 6.45) is 5.21. The SMILES string of the molecule is O=C(c1cnc2ccccc2n1)N1CC(n2cc(Br)cn2)C1. The Kier molecular flexibility index (Phi) is 3.15. The quantitative estimate of drug-likeness (QED) is 0.705. The molecule has 3 heterocycles. The van der Waals surface area contributed by atoms with Crippen LogP contribution in [0.2, 0.25) is 0 Å². The minimum atomic E-state index is -0.0827. The van der Waals surface area contributed by atoms with Crippen molar-refractivity contribution in [1.29, 1.82) is 0 Å². The van der Waals surface area contributed by atoms with Crippen LogP contribution in [-0.2, 0) is 0 Å². The molecule has 6 nitrogen and oxygen atoms in total. The first kappa shape index (κ1) is 13.4. The van der Waals surface area contributed by atoms with Crippen molar-refractivity contribution < 1.29 is 4.79 Å². The molecule has 2 aromatic heterocycles. The highest BCUT2D eigenvalue weighted by atomic mass is 79.9. The van der Waals surface area contributed by atoms with Crippen LogP contribution in [0, 0.1) is 0 Å². The van der Waals surface area contributed by atoms with Crippen molar-refractivity contribution in [2.24, 2.45) is 0 Å². The fraction of sp³-hybridized carbons (Fsp3) is 0.200. The lowest BCUT2D eigenvalue weighted by Gasteiger charge is -2.38. The maximum Gasteiger partial charge on any atom is 0.274 e. The van der Waals surface area contributed by atoms with Gasteiger partial charge >= 0.3 is 0 Å². The number of hydrogen-bond donors (Lipinski definition) is 0. The monoisotopic (exact) mass is 357 g/mol. The minimum Gasteiger partial charge on any atom is -0.333 e. The molecule has 0 unspecified atom stereocenters. The molecule has 0 N–H and O–H groups in total. The van der Waals surface area contributed by atoms with Crippen molar-refractivity contribution in [3.8, 4) is 0 Å². The number of halogens is 1. The summed E-state index contributed by atoms with van der Waals surface area (Å²) in [4.78, 5) is 22.9. The molecule has 0 aliphatic carbocycles. The van der Waals surface area contributed by atoms with Gasteiger partial charge in [0.1, 0.15) is 5.69 Å². The van der Waals surface area contributed by atoms with Gasteiger partial charge in [0.25, 0.3) is 5.91 Å². The first-order valence-corrected chi connectivity index (χ1v) is 7.71. The maximum absolute atomic E-state index is 12.4. The first-order valence-electron chi connectivity index (χ1n) is 6.91. The topological polar surface area (TPSA) is 63.9 Å². The van der Waals surface area contributed by atoms with Crippen LogP contribution in [0.25, 0.3) is 11.0 Å². The van der Waals surface area contributed by atoms with Gasteiger partial charge in [0.15, 0.2) is 0 Å². The molecule has 0 spiro atoms. The van der Waals surface area contributed by atoms with Gasteiger partial charge in [-0.2, -0.15) is 5.10 Å². The number of carbonyl (C=O) groups is 1. The summed E-state index contributed by atoms with van der Waals surface area (Å²) in [5.41, 5.74) is 1.92. The largest absolute Gasteiger partial charge is 0.333 e. The van der Waals surface area contributed by atoms with Gasteiger partial charge in [0, 0.05) is 19.3 Å². The highest BCUT2D eigenvalue weighted by molar-refractivity contribution is 9.10. The lowest BCUT2D eigenvalue weighted by atomic mass is 10.1. The van der Waals surface area contributed by atoms with E-state index >= 15 is 0 Å². The number of hydrogen-bond acceptors (Lipinski definition) is 4. The lowest BCUT2D eigenvalue weighted by molar-refractivity contribution is 0.0495. The van der Waals surface area contributed by atoms with Crippen LogP contribution in [0.3, 0.4) is 0 Å². The zero-order valence-electron chi connectivity index (χ0n) is 11.6. The Morgan fingerprint density at radius 2 is 1.95 bits per heavy atom. The summed E-state index contributed by atoms with van der Waals surface area (Å²) in [5, 5.41) is 4.25. The molecule has 22 heavy (non-hydrogen) atoms. The van der Waals surface area contributed by atoms with Crippen molar-refractivity contribution in [2.75, 3.05) is 13.1 Å². The van der Waals surface area contributed by atoms with Crippen LogP contribution in [-0.4, -0.2) is 43.6 Å². The molecule has 0 saturated carbocycles. The van der Waals surface area contributed by atoms with E-state index in [1.54, 1.807) is 17.3 Å². The predicted octanol–water partition coefficient (Wildman–Crippen LogP) is 2.29. The van der Waals surface area contributed by atoms with Crippen LogP contribution in [0.15, 0.2) is 47.3 Å². The van der Waals surface area contributed by atoms with E-state index in [2.05, 4.69) is 31.0 Å². The van der Waals surface area contributed by atoms with E-state index in [4.69, 9.17) is 0 Å². The second kappa shape index (κ2) is 5.17. The van der Waals surface area contributed by atoms with Crippen molar-refractivity contribution in [3.05, 3.63) is 53.0 Å². The molecule has 7 heteroatoms. The number of aromatic nitrogens is 4. The number of likely N-dealkylation sites (tertiary alicyclic amines) is 1. The van der Waals surface area contributed by atoms with Crippen LogP contribution >= 0.6 is 15.9 Å². The number of nitrogens with zero attached hydrogens (tertiary/aromatic N) is 5. The van der Waals surface area contributed by atoms with Crippen LogP contribution < -0.4 is 0 Å². The van der Waals surface area contributed by atoms with Gasteiger partial charge in [-0.25, -0.2) is 4.98 Å². The molecule has 0 radical (unpaired) electrons. The average Bonchev–Trinajstić information content (AvgIpc) is 2.91. The van der Waals surface area contributed by atoms with Gasteiger partial charge in [0.05, 0.1) is 33.9 Å². The minimum absolute atomic E-state index is 0.0827. The molecule has 1 fully saturated rings. The number of para-hydroxylation sites is 2. The van der Waals surface area contributed by atoms with Crippen molar-refractivity contribution >= 4 is 32.9 Å². The molecule has 110 valence electrons. The zero-order valence-corrected chi connectivity index (χ0v) is 13.1. The van der Waals surface area contributed by atoms with Gasteiger partial charge < -0.3 is 4.90 Å². The molecule has 0 bridgehead atoms. The zero-order chi connectivity index (χ0) is 15.1. The third kappa shape index (κ3) is 2.27. The van der Waals surface area contributed by atoms with E-state index in [0.29, 0.717) is 18.8 Å². The molecule has 1 aromatic carbocycles. The normalized spacial score (nSPS) is 15.0. The Morgan fingerprint density at radius 3 is 2.68 bits per heavy atom. The first-order chi connectivity index (χ1) is 10.7. The van der Waals surface area contributed by atoms with Gasteiger partial charge in [-0.3, -0.25) is 14.5 Å². The van der Waals surface area contributed by atoms with Crippen molar-refractivity contribution in [1.82, 2.24) is 24.6 Å². The Labute approximate surface area is 134 Å². The molecule has 1 aliphatic rings. The molecule has 1 amide bonds. The van der Waals surface area contributed by atoms with E-state index in [9.17, 15) is 4.79 Å². The Morgan fingerprint density at radius 1 is 1.18 bits per heavy atom. The summed E-state index contributed by atoms with van der Waals surface area (Å²) < 4.78 is 2.82. The van der Waals surface area contributed by atoms with Crippen molar-refractivity contribution in [2.45, 2.75) is 6.04 Å². The number of benzene rings is 1. The number of carbonyl (C=O) groups excluding carboxylic acids is 1. The molecule has 4 rings (SSSR count). The molecular formula is C15H12BrN5O. The average molecular weight is 358 g/mol. The summed E-state index contributed by atoms with van der Waals surface area (Å²) in [7, 11) is 0. The smallest absolute Gasteiger partial charge is 0.274 e. The van der Waals surface area contributed by atoms with Crippen molar-refractivity contribution in [3.63, 3.8) is 0 Å². The van der Waals surface area contributed by atoms with Crippen LogP contribution in [0.5, 0.6) is 0 Å². The van der Waals surface area contributed by atoms with E-state index in [1.807, 2.05) is 35.1 Å². The van der Waals surface area contributed by atoms with Gasteiger partial charge in [-0.05, 0) is 28.1 Å². The van der Waals surface area contributed by atoms with Gasteiger partial charge in [-0.15, -0.1) is 0 Å². The summed E-state index contributed by atoms with van der Waals surface area (Å²) >= 11 is 3.38. The number of rotatable bonds is 2. The van der Waals surface area contributed by atoms with Crippen LogP contribution in [0.4, 0.5) is 0 Å². The van der Waals surface area contributed by atoms with E-state index in [1.165, 1.54) is 0 Å².